The first kappa shape index (κ1) is 19.0. The number of carbonyl (C=O) groups is 1. The molecule has 0 amide bonds. The third kappa shape index (κ3) is 2.27. The first-order valence-electron chi connectivity index (χ1n) is 11.3. The number of fused-ring (bicyclic) bond motifs is 7. The van der Waals surface area contributed by atoms with E-state index < -0.39 is 0 Å². The molecule has 5 aliphatic carbocycles. The van der Waals surface area contributed by atoms with E-state index in [0.717, 1.165) is 49.4 Å². The Hall–Kier alpha value is -1.36. The third-order valence-electron chi connectivity index (χ3n) is 9.59. The molecular weight excluding hydrogens is 330 g/mol. The molecule has 2 nitrogen and oxygen atoms in total. The molecule has 0 aromatic rings. The fourth-order valence-electron chi connectivity index (χ4n) is 8.73. The Morgan fingerprint density at radius 3 is 2.56 bits per heavy atom. The van der Waals surface area contributed by atoms with Crippen molar-refractivity contribution in [3.8, 4) is 6.07 Å². The van der Waals surface area contributed by atoms with Crippen LogP contribution in [0.15, 0.2) is 24.8 Å². The van der Waals surface area contributed by atoms with Crippen molar-refractivity contribution in [2.24, 2.45) is 46.3 Å². The van der Waals surface area contributed by atoms with Crippen LogP contribution in [0.1, 0.15) is 71.6 Å². The number of ketones is 1. The molecule has 146 valence electrons. The van der Waals surface area contributed by atoms with Crippen LogP contribution in [0.25, 0.3) is 0 Å². The molecule has 4 fully saturated rings. The van der Waals surface area contributed by atoms with E-state index in [1.165, 1.54) is 37.7 Å². The van der Waals surface area contributed by atoms with Gasteiger partial charge in [-0.1, -0.05) is 19.4 Å². The van der Waals surface area contributed by atoms with Gasteiger partial charge in [0.25, 0.3) is 0 Å². The van der Waals surface area contributed by atoms with Crippen molar-refractivity contribution in [1.29, 1.82) is 5.26 Å². The van der Waals surface area contributed by atoms with E-state index in [9.17, 15) is 10.1 Å². The number of allylic oxidation sites excluding steroid dienone is 1. The van der Waals surface area contributed by atoms with Crippen LogP contribution in [0, 0.1) is 57.7 Å². The van der Waals surface area contributed by atoms with Gasteiger partial charge in [-0.2, -0.15) is 5.26 Å². The highest BCUT2D eigenvalue weighted by molar-refractivity contribution is 5.91. The number of carbonyl (C=O) groups excluding carboxylic acids is 1. The Morgan fingerprint density at radius 2 is 1.89 bits per heavy atom. The minimum atomic E-state index is -0.0410. The summed E-state index contributed by atoms with van der Waals surface area (Å²) in [6.07, 6.45) is 12.4. The maximum absolute atomic E-state index is 11.9. The summed E-state index contributed by atoms with van der Waals surface area (Å²) in [7, 11) is 0. The highest BCUT2D eigenvalue weighted by Crippen LogP contribution is 2.80. The maximum atomic E-state index is 11.9. The van der Waals surface area contributed by atoms with Crippen molar-refractivity contribution in [1.82, 2.24) is 0 Å². The number of nitrogens with zero attached hydrogens (tertiary/aromatic N) is 1. The van der Waals surface area contributed by atoms with Crippen LogP contribution in [-0.2, 0) is 4.79 Å². The fraction of sp³-hybridized carbons (Fsp3) is 0.760. The summed E-state index contributed by atoms with van der Waals surface area (Å²) in [5, 5.41) is 10.3. The molecule has 8 atom stereocenters. The van der Waals surface area contributed by atoms with Gasteiger partial charge < -0.3 is 0 Å². The van der Waals surface area contributed by atoms with Crippen LogP contribution in [0.2, 0.25) is 0 Å². The van der Waals surface area contributed by atoms with E-state index in [-0.39, 0.29) is 10.8 Å². The lowest BCUT2D eigenvalue weighted by molar-refractivity contribution is -0.116. The third-order valence-corrected chi connectivity index (χ3v) is 9.59. The Kier molecular flexibility index (Phi) is 4.65. The second kappa shape index (κ2) is 6.61. The van der Waals surface area contributed by atoms with Gasteiger partial charge in [0.2, 0.25) is 0 Å². The fourth-order valence-corrected chi connectivity index (χ4v) is 8.73. The lowest BCUT2D eigenvalue weighted by Crippen LogP contribution is -2.52. The second-order valence-electron chi connectivity index (χ2n) is 9.71. The largest absolute Gasteiger partial charge is 0.295 e. The summed E-state index contributed by atoms with van der Waals surface area (Å²) in [5.74, 6) is 4.98. The standard InChI is InChI=1S/C23H31NO.C2H4/c1-3-22-10-9-17-16-8-6-15(25)11-14(16)5-7-18(17)21(22)19-12-20(19)23(22,4-2)13-24;1-2/h11,16-21H,3-10,12H2,1-2H3;1-2H2/t16?,17?,18?,19?,20?,21-,22?,23+;/m1./s1. The summed E-state index contributed by atoms with van der Waals surface area (Å²) in [4.78, 5) is 11.9. The van der Waals surface area contributed by atoms with E-state index >= 15 is 0 Å². The molecule has 0 aliphatic heterocycles. The van der Waals surface area contributed by atoms with Crippen LogP contribution in [0.4, 0.5) is 0 Å². The summed E-state index contributed by atoms with van der Waals surface area (Å²) >= 11 is 0. The quantitative estimate of drug-likeness (QED) is 0.555. The van der Waals surface area contributed by atoms with Crippen molar-refractivity contribution in [3.63, 3.8) is 0 Å². The van der Waals surface area contributed by atoms with Gasteiger partial charge in [-0.25, -0.2) is 0 Å². The van der Waals surface area contributed by atoms with Crippen LogP contribution < -0.4 is 0 Å². The molecule has 5 rings (SSSR count). The molecule has 0 saturated heterocycles. The highest BCUT2D eigenvalue weighted by Gasteiger charge is 2.76. The van der Waals surface area contributed by atoms with Gasteiger partial charge in [-0.15, -0.1) is 13.2 Å². The molecule has 5 aliphatic rings. The highest BCUT2D eigenvalue weighted by atomic mass is 16.1. The van der Waals surface area contributed by atoms with Gasteiger partial charge in [-0.05, 0) is 98.4 Å². The molecule has 0 spiro atoms. The molecule has 0 radical (unpaired) electrons. The van der Waals surface area contributed by atoms with Crippen molar-refractivity contribution in [2.45, 2.75) is 71.6 Å². The molecule has 0 heterocycles. The average Bonchev–Trinajstić information content (AvgIpc) is 3.46. The SMILES string of the molecule is C=C.CCC12CCC3C4CCC(=O)C=C4CCC3[C@@H]1C1CC1[C@@]2(C#N)CC. The molecule has 0 aromatic heterocycles. The van der Waals surface area contributed by atoms with Gasteiger partial charge in [0, 0.05) is 6.42 Å². The van der Waals surface area contributed by atoms with E-state index in [1.54, 1.807) is 0 Å². The molecule has 0 bridgehead atoms. The summed E-state index contributed by atoms with van der Waals surface area (Å²) in [5.41, 5.74) is 1.73. The Morgan fingerprint density at radius 1 is 1.11 bits per heavy atom. The van der Waals surface area contributed by atoms with Gasteiger partial charge >= 0.3 is 0 Å². The zero-order valence-corrected chi connectivity index (χ0v) is 17.2. The van der Waals surface area contributed by atoms with E-state index in [1.807, 2.05) is 6.08 Å². The normalized spacial score (nSPS) is 49.2. The van der Waals surface area contributed by atoms with Crippen molar-refractivity contribution < 1.29 is 4.79 Å². The first-order chi connectivity index (χ1) is 13.1. The molecule has 6 unspecified atom stereocenters. The molecule has 0 N–H and O–H groups in total. The van der Waals surface area contributed by atoms with E-state index in [2.05, 4.69) is 33.1 Å². The van der Waals surface area contributed by atoms with Crippen molar-refractivity contribution >= 4 is 5.78 Å². The Bertz CT molecular complexity index is 702. The lowest BCUT2D eigenvalue weighted by Gasteiger charge is -2.58. The lowest BCUT2D eigenvalue weighted by atomic mass is 9.45. The Balaban J connectivity index is 0.000000872. The topological polar surface area (TPSA) is 40.9 Å². The van der Waals surface area contributed by atoms with Gasteiger partial charge in [0.05, 0.1) is 11.5 Å². The Labute approximate surface area is 165 Å². The van der Waals surface area contributed by atoms with Gasteiger partial charge in [-0.3, -0.25) is 4.79 Å². The van der Waals surface area contributed by atoms with Crippen molar-refractivity contribution in [3.05, 3.63) is 24.8 Å². The monoisotopic (exact) mass is 365 g/mol. The van der Waals surface area contributed by atoms with Gasteiger partial charge in [0.1, 0.15) is 0 Å². The first-order valence-corrected chi connectivity index (χ1v) is 11.3. The minimum Gasteiger partial charge on any atom is -0.295 e. The summed E-state index contributed by atoms with van der Waals surface area (Å²) in [6, 6.07) is 2.91. The number of hydrogen-bond donors (Lipinski definition) is 0. The number of rotatable bonds is 2. The second-order valence-corrected chi connectivity index (χ2v) is 9.71. The van der Waals surface area contributed by atoms with Crippen molar-refractivity contribution in [2.75, 3.05) is 0 Å². The van der Waals surface area contributed by atoms with E-state index in [4.69, 9.17) is 0 Å². The zero-order valence-electron chi connectivity index (χ0n) is 17.2. The van der Waals surface area contributed by atoms with Crippen LogP contribution in [-0.4, -0.2) is 5.78 Å². The predicted octanol–water partition coefficient (Wildman–Crippen LogP) is 6.10. The minimum absolute atomic E-state index is 0.0410. The number of nitriles is 1. The van der Waals surface area contributed by atoms with Crippen LogP contribution in [0.5, 0.6) is 0 Å². The maximum Gasteiger partial charge on any atom is 0.155 e. The van der Waals surface area contributed by atoms with E-state index in [0.29, 0.717) is 17.6 Å². The average molecular weight is 366 g/mol. The molecule has 2 heteroatoms. The molecule has 27 heavy (non-hydrogen) atoms. The molecule has 0 aromatic carbocycles. The summed E-state index contributed by atoms with van der Waals surface area (Å²) < 4.78 is 0. The smallest absolute Gasteiger partial charge is 0.155 e. The number of hydrogen-bond acceptors (Lipinski definition) is 2. The molecular formula is C25H35NO. The van der Waals surface area contributed by atoms with Gasteiger partial charge in [0.15, 0.2) is 5.78 Å². The van der Waals surface area contributed by atoms with Crippen LogP contribution >= 0.6 is 0 Å². The zero-order chi connectivity index (χ0) is 19.4. The predicted molar refractivity (Wildman–Crippen MR) is 109 cm³/mol. The molecule has 4 saturated carbocycles. The summed E-state index contributed by atoms with van der Waals surface area (Å²) in [6.45, 7) is 10.6. The van der Waals surface area contributed by atoms with Crippen LogP contribution in [0.3, 0.4) is 0 Å².